The van der Waals surface area contributed by atoms with Crippen LogP contribution in [0.1, 0.15) is 41.0 Å². The quantitative estimate of drug-likeness (QED) is 0.495. The number of allylic oxidation sites excluding steroid dienone is 2. The van der Waals surface area contributed by atoms with Gasteiger partial charge in [-0.15, -0.1) is 0 Å². The van der Waals surface area contributed by atoms with Gasteiger partial charge in [-0.25, -0.2) is 0 Å². The van der Waals surface area contributed by atoms with Crippen molar-refractivity contribution in [2.24, 2.45) is 0 Å². The van der Waals surface area contributed by atoms with E-state index in [1.54, 1.807) is 13.8 Å². The highest BCUT2D eigenvalue weighted by molar-refractivity contribution is 7.55. The summed E-state index contributed by atoms with van der Waals surface area (Å²) >= 11 is 0. The fraction of sp³-hybridized carbons (Fsp3) is 0.750. The Balaban J connectivity index is 5.03. The average molecular weight is 262 g/mol. The zero-order chi connectivity index (χ0) is 13.5. The molecule has 0 aromatic carbocycles. The molecule has 0 aliphatic rings. The van der Waals surface area contributed by atoms with E-state index in [0.29, 0.717) is 6.42 Å². The minimum atomic E-state index is -3.34. The highest BCUT2D eigenvalue weighted by Gasteiger charge is 2.37. The maximum absolute atomic E-state index is 12.5. The molecule has 0 radical (unpaired) electrons. The van der Waals surface area contributed by atoms with Gasteiger partial charge in [0.05, 0.1) is 13.2 Å². The Morgan fingerprint density at radius 1 is 1.18 bits per heavy atom. The topological polar surface area (TPSA) is 52.6 Å². The summed E-state index contributed by atoms with van der Waals surface area (Å²) in [7, 11) is -3.34. The fourth-order valence-electron chi connectivity index (χ4n) is 1.44. The fourth-order valence-corrected chi connectivity index (χ4v) is 3.41. The molecule has 17 heavy (non-hydrogen) atoms. The first-order valence-electron chi connectivity index (χ1n) is 5.90. The van der Waals surface area contributed by atoms with Crippen molar-refractivity contribution in [2.75, 3.05) is 13.2 Å². The predicted molar refractivity (Wildman–Crippen MR) is 69.4 cm³/mol. The normalized spacial score (nSPS) is 13.2. The molecule has 1 atom stereocenters. The van der Waals surface area contributed by atoms with Crippen LogP contribution in [0, 0.1) is 0 Å². The van der Waals surface area contributed by atoms with Crippen molar-refractivity contribution >= 4 is 13.4 Å². The van der Waals surface area contributed by atoms with Crippen LogP contribution in [0.2, 0.25) is 0 Å². The second kappa shape index (κ2) is 7.80. The molecule has 0 saturated carbocycles. The Morgan fingerprint density at radius 3 is 1.94 bits per heavy atom. The van der Waals surface area contributed by atoms with Crippen molar-refractivity contribution < 1.29 is 18.4 Å². The highest BCUT2D eigenvalue weighted by atomic mass is 31.2. The molecule has 0 rings (SSSR count). The predicted octanol–water partition coefficient (Wildman–Crippen LogP) is 3.57. The number of carbonyl (C=O) groups is 1. The van der Waals surface area contributed by atoms with Crippen LogP contribution in [0.15, 0.2) is 11.6 Å². The first-order chi connectivity index (χ1) is 7.87. The number of hydrogen-bond donors (Lipinski definition) is 0. The van der Waals surface area contributed by atoms with Crippen LogP contribution >= 0.6 is 7.60 Å². The van der Waals surface area contributed by atoms with Crippen molar-refractivity contribution in [3.05, 3.63) is 11.6 Å². The van der Waals surface area contributed by atoms with E-state index in [0.717, 1.165) is 5.57 Å². The van der Waals surface area contributed by atoms with Crippen LogP contribution in [0.3, 0.4) is 0 Å². The van der Waals surface area contributed by atoms with Gasteiger partial charge >= 0.3 is 7.60 Å². The van der Waals surface area contributed by atoms with E-state index < -0.39 is 13.3 Å². The first-order valence-corrected chi connectivity index (χ1v) is 7.51. The molecule has 4 nitrogen and oxygen atoms in total. The number of hydrogen-bond acceptors (Lipinski definition) is 4. The molecule has 0 saturated heterocycles. The molecular weight excluding hydrogens is 239 g/mol. The van der Waals surface area contributed by atoms with Gasteiger partial charge in [-0.3, -0.25) is 9.36 Å². The first kappa shape index (κ1) is 16.6. The molecule has 100 valence electrons. The number of Topliss-reactive ketones (excluding diaryl/α,β-unsaturated/α-hetero) is 1. The lowest BCUT2D eigenvalue weighted by molar-refractivity contribution is -0.117. The maximum atomic E-state index is 12.5. The van der Waals surface area contributed by atoms with Crippen molar-refractivity contribution in [2.45, 2.75) is 46.7 Å². The number of rotatable bonds is 8. The summed E-state index contributed by atoms with van der Waals surface area (Å²) in [5, 5.41) is 0. The van der Waals surface area contributed by atoms with Gasteiger partial charge in [0.25, 0.3) is 0 Å². The van der Waals surface area contributed by atoms with Gasteiger partial charge < -0.3 is 9.05 Å². The summed E-state index contributed by atoms with van der Waals surface area (Å²) < 4.78 is 22.9. The summed E-state index contributed by atoms with van der Waals surface area (Å²) in [4.78, 5) is 11.6. The van der Waals surface area contributed by atoms with Crippen molar-refractivity contribution in [3.8, 4) is 0 Å². The zero-order valence-electron chi connectivity index (χ0n) is 11.4. The van der Waals surface area contributed by atoms with Gasteiger partial charge in [0.2, 0.25) is 0 Å². The maximum Gasteiger partial charge on any atom is 0.341 e. The Hall–Kier alpha value is -0.440. The molecule has 0 aromatic heterocycles. The van der Waals surface area contributed by atoms with E-state index in [-0.39, 0.29) is 19.0 Å². The van der Waals surface area contributed by atoms with Crippen LogP contribution in [0.25, 0.3) is 0 Å². The van der Waals surface area contributed by atoms with Crippen molar-refractivity contribution in [3.63, 3.8) is 0 Å². The van der Waals surface area contributed by atoms with Crippen LogP contribution in [0.4, 0.5) is 0 Å². The monoisotopic (exact) mass is 262 g/mol. The van der Waals surface area contributed by atoms with Gasteiger partial charge in [-0.05, 0) is 41.0 Å². The van der Waals surface area contributed by atoms with Crippen LogP contribution < -0.4 is 0 Å². The smallest absolute Gasteiger partial charge is 0.308 e. The highest BCUT2D eigenvalue weighted by Crippen LogP contribution is 2.54. The molecule has 0 fully saturated rings. The Kier molecular flexibility index (Phi) is 7.60. The zero-order valence-corrected chi connectivity index (χ0v) is 12.3. The Morgan fingerprint density at radius 2 is 1.65 bits per heavy atom. The second-order valence-electron chi connectivity index (χ2n) is 4.02. The van der Waals surface area contributed by atoms with Gasteiger partial charge in [0.1, 0.15) is 11.4 Å². The average Bonchev–Trinajstić information content (AvgIpc) is 2.17. The van der Waals surface area contributed by atoms with Gasteiger partial charge in [0, 0.05) is 0 Å². The Labute approximate surface area is 104 Å². The summed E-state index contributed by atoms with van der Waals surface area (Å²) in [6, 6.07) is 0. The number of carbonyl (C=O) groups excluding carboxylic acids is 1. The molecule has 0 amide bonds. The minimum Gasteiger partial charge on any atom is -0.308 e. The van der Waals surface area contributed by atoms with Crippen molar-refractivity contribution in [1.82, 2.24) is 0 Å². The van der Waals surface area contributed by atoms with E-state index in [9.17, 15) is 9.36 Å². The third kappa shape index (κ3) is 5.62. The van der Waals surface area contributed by atoms with Gasteiger partial charge in [0.15, 0.2) is 0 Å². The van der Waals surface area contributed by atoms with E-state index in [1.807, 2.05) is 19.9 Å². The molecule has 0 N–H and O–H groups in total. The third-order valence-electron chi connectivity index (χ3n) is 2.22. The molecule has 5 heteroatoms. The molecule has 0 aliphatic heterocycles. The molecular formula is C12H23O4P. The lowest BCUT2D eigenvalue weighted by Crippen LogP contribution is -2.20. The molecule has 0 aliphatic carbocycles. The molecule has 0 aromatic rings. The van der Waals surface area contributed by atoms with E-state index in [2.05, 4.69) is 0 Å². The van der Waals surface area contributed by atoms with Crippen LogP contribution in [-0.2, 0) is 18.4 Å². The molecule has 0 bridgehead atoms. The largest absolute Gasteiger partial charge is 0.341 e. The molecule has 1 unspecified atom stereocenters. The van der Waals surface area contributed by atoms with Crippen LogP contribution in [-0.4, -0.2) is 24.7 Å². The summed E-state index contributed by atoms with van der Waals surface area (Å²) in [5.74, 6) is -0.160. The lowest BCUT2D eigenvalue weighted by Gasteiger charge is -2.23. The van der Waals surface area contributed by atoms with Gasteiger partial charge in [-0.1, -0.05) is 11.6 Å². The molecule has 0 spiro atoms. The Bertz CT molecular complexity index is 308. The van der Waals surface area contributed by atoms with Gasteiger partial charge in [-0.2, -0.15) is 0 Å². The minimum absolute atomic E-state index is 0.160. The summed E-state index contributed by atoms with van der Waals surface area (Å²) in [5.41, 5.74) is 0.382. The second-order valence-corrected chi connectivity index (χ2v) is 6.24. The SMILES string of the molecule is CCOP(=O)(OCC)C(CC=C(C)C)C(C)=O. The lowest BCUT2D eigenvalue weighted by atomic mass is 10.2. The summed E-state index contributed by atoms with van der Waals surface area (Å²) in [6.07, 6.45) is 2.28. The van der Waals surface area contributed by atoms with Crippen LogP contribution in [0.5, 0.6) is 0 Å². The summed E-state index contributed by atoms with van der Waals surface area (Å²) in [6.45, 7) is 9.32. The van der Waals surface area contributed by atoms with Crippen molar-refractivity contribution in [1.29, 1.82) is 0 Å². The van der Waals surface area contributed by atoms with E-state index >= 15 is 0 Å². The van der Waals surface area contributed by atoms with E-state index in [1.165, 1.54) is 6.92 Å². The molecule has 0 heterocycles. The van der Waals surface area contributed by atoms with E-state index in [4.69, 9.17) is 9.05 Å². The third-order valence-corrected chi connectivity index (χ3v) is 4.79. The standard InChI is InChI=1S/C12H23O4P/c1-6-15-17(14,16-7-2)12(11(5)13)9-8-10(3)4/h8,12H,6-7,9H2,1-5H3. The number of ketones is 1.